The first-order chi connectivity index (χ1) is 14.4. The van der Waals surface area contributed by atoms with Crippen molar-refractivity contribution in [3.8, 4) is 0 Å². The van der Waals surface area contributed by atoms with Crippen LogP contribution in [0.25, 0.3) is 0 Å². The lowest BCUT2D eigenvalue weighted by atomic mass is 9.90. The van der Waals surface area contributed by atoms with Gasteiger partial charge in [-0.05, 0) is 68.8 Å². The van der Waals surface area contributed by atoms with E-state index in [2.05, 4.69) is 29.6 Å². The SMILES string of the molecule is Cc1cccc(NC(=O)CN(C)CC(=O)N2CCC(Cc3ccccc3)CC2)c1C. The Morgan fingerprint density at radius 1 is 1.00 bits per heavy atom. The summed E-state index contributed by atoms with van der Waals surface area (Å²) in [6, 6.07) is 16.4. The average Bonchev–Trinajstić information content (AvgIpc) is 2.72. The van der Waals surface area contributed by atoms with Crippen LogP contribution in [-0.4, -0.2) is 54.8 Å². The fourth-order valence-corrected chi connectivity index (χ4v) is 4.04. The number of benzene rings is 2. The van der Waals surface area contributed by atoms with E-state index in [1.807, 2.05) is 50.1 Å². The summed E-state index contributed by atoms with van der Waals surface area (Å²) < 4.78 is 0. The Labute approximate surface area is 180 Å². The first-order valence-corrected chi connectivity index (χ1v) is 10.8. The molecule has 1 heterocycles. The van der Waals surface area contributed by atoms with Gasteiger partial charge in [-0.1, -0.05) is 42.5 Å². The number of nitrogens with one attached hydrogen (secondary N) is 1. The number of rotatable bonds is 7. The maximum Gasteiger partial charge on any atom is 0.238 e. The minimum atomic E-state index is -0.0967. The lowest BCUT2D eigenvalue weighted by molar-refractivity contribution is -0.133. The van der Waals surface area contributed by atoms with Crippen molar-refractivity contribution in [2.75, 3.05) is 38.5 Å². The summed E-state index contributed by atoms with van der Waals surface area (Å²) in [6.07, 6.45) is 3.16. The van der Waals surface area contributed by atoms with Crippen molar-refractivity contribution in [2.24, 2.45) is 5.92 Å². The van der Waals surface area contributed by atoms with E-state index < -0.39 is 0 Å². The molecule has 1 fully saturated rings. The minimum Gasteiger partial charge on any atom is -0.342 e. The third-order valence-corrected chi connectivity index (χ3v) is 6.03. The molecule has 160 valence electrons. The first kappa shape index (κ1) is 22.0. The van der Waals surface area contributed by atoms with Crippen LogP contribution < -0.4 is 5.32 Å². The summed E-state index contributed by atoms with van der Waals surface area (Å²) in [7, 11) is 1.82. The monoisotopic (exact) mass is 407 g/mol. The van der Waals surface area contributed by atoms with Crippen LogP contribution in [0.5, 0.6) is 0 Å². The zero-order chi connectivity index (χ0) is 21.5. The molecule has 0 saturated carbocycles. The number of piperidine rings is 1. The Bertz CT molecular complexity index is 858. The smallest absolute Gasteiger partial charge is 0.238 e. The van der Waals surface area contributed by atoms with Gasteiger partial charge in [0.05, 0.1) is 13.1 Å². The van der Waals surface area contributed by atoms with Crippen LogP contribution in [0.3, 0.4) is 0 Å². The maximum atomic E-state index is 12.7. The van der Waals surface area contributed by atoms with Gasteiger partial charge in [0.25, 0.3) is 0 Å². The number of likely N-dealkylation sites (tertiary alicyclic amines) is 1. The third kappa shape index (κ3) is 6.17. The first-order valence-electron chi connectivity index (χ1n) is 10.8. The van der Waals surface area contributed by atoms with Gasteiger partial charge in [-0.25, -0.2) is 0 Å². The average molecular weight is 408 g/mol. The van der Waals surface area contributed by atoms with Crippen LogP contribution in [-0.2, 0) is 16.0 Å². The Morgan fingerprint density at radius 3 is 2.40 bits per heavy atom. The highest BCUT2D eigenvalue weighted by Gasteiger charge is 2.24. The Balaban J connectivity index is 1.41. The summed E-state index contributed by atoms with van der Waals surface area (Å²) in [5.41, 5.74) is 4.42. The van der Waals surface area contributed by atoms with Gasteiger partial charge in [-0.3, -0.25) is 14.5 Å². The quantitative estimate of drug-likeness (QED) is 0.762. The molecule has 0 spiro atoms. The van der Waals surface area contributed by atoms with Crippen molar-refractivity contribution in [1.82, 2.24) is 9.80 Å². The Hall–Kier alpha value is -2.66. The van der Waals surface area contributed by atoms with E-state index in [4.69, 9.17) is 0 Å². The van der Waals surface area contributed by atoms with Crippen LogP contribution in [0.15, 0.2) is 48.5 Å². The summed E-state index contributed by atoms with van der Waals surface area (Å²) in [6.45, 7) is 6.10. The highest BCUT2D eigenvalue weighted by molar-refractivity contribution is 5.93. The van der Waals surface area contributed by atoms with E-state index in [-0.39, 0.29) is 24.9 Å². The number of carbonyl (C=O) groups excluding carboxylic acids is 2. The number of nitrogens with zero attached hydrogens (tertiary/aromatic N) is 2. The number of hydrogen-bond donors (Lipinski definition) is 1. The van der Waals surface area contributed by atoms with Gasteiger partial charge in [-0.15, -0.1) is 0 Å². The van der Waals surface area contributed by atoms with Crippen molar-refractivity contribution in [2.45, 2.75) is 33.1 Å². The number of aryl methyl sites for hydroxylation is 1. The highest BCUT2D eigenvalue weighted by Crippen LogP contribution is 2.22. The molecule has 2 amide bonds. The standard InChI is InChI=1S/C25H33N3O2/c1-19-8-7-11-23(20(19)2)26-24(29)17-27(3)18-25(30)28-14-12-22(13-15-28)16-21-9-5-4-6-10-21/h4-11,22H,12-18H2,1-3H3,(H,26,29). The van der Waals surface area contributed by atoms with Gasteiger partial charge < -0.3 is 10.2 Å². The van der Waals surface area contributed by atoms with Gasteiger partial charge >= 0.3 is 0 Å². The van der Waals surface area contributed by atoms with Gasteiger partial charge in [0.1, 0.15) is 0 Å². The molecule has 2 aromatic rings. The van der Waals surface area contributed by atoms with E-state index in [1.165, 1.54) is 5.56 Å². The molecule has 1 N–H and O–H groups in total. The summed E-state index contributed by atoms with van der Waals surface area (Å²) >= 11 is 0. The van der Waals surface area contributed by atoms with Gasteiger partial charge in [0.2, 0.25) is 11.8 Å². The van der Waals surface area contributed by atoms with Crippen molar-refractivity contribution in [1.29, 1.82) is 0 Å². The zero-order valence-corrected chi connectivity index (χ0v) is 18.4. The molecule has 5 heteroatoms. The van der Waals surface area contributed by atoms with Gasteiger partial charge in [-0.2, -0.15) is 0 Å². The van der Waals surface area contributed by atoms with E-state index in [9.17, 15) is 9.59 Å². The minimum absolute atomic E-state index is 0.0967. The molecule has 5 nitrogen and oxygen atoms in total. The van der Waals surface area contributed by atoms with Crippen LogP contribution in [0, 0.1) is 19.8 Å². The third-order valence-electron chi connectivity index (χ3n) is 6.03. The molecule has 30 heavy (non-hydrogen) atoms. The van der Waals surface area contributed by atoms with E-state index in [0.29, 0.717) is 5.92 Å². The second-order valence-corrected chi connectivity index (χ2v) is 8.48. The van der Waals surface area contributed by atoms with Crippen LogP contribution in [0.4, 0.5) is 5.69 Å². The fraction of sp³-hybridized carbons (Fsp3) is 0.440. The molecular formula is C25H33N3O2. The number of carbonyl (C=O) groups is 2. The van der Waals surface area contributed by atoms with E-state index >= 15 is 0 Å². The fourth-order valence-electron chi connectivity index (χ4n) is 4.04. The molecule has 0 radical (unpaired) electrons. The molecule has 1 aliphatic rings. The summed E-state index contributed by atoms with van der Waals surface area (Å²) in [5, 5.41) is 2.96. The number of likely N-dealkylation sites (N-methyl/N-ethyl adjacent to an activating group) is 1. The molecule has 0 aromatic heterocycles. The Morgan fingerprint density at radius 2 is 1.70 bits per heavy atom. The van der Waals surface area contributed by atoms with Crippen LogP contribution in [0.1, 0.15) is 29.5 Å². The maximum absolute atomic E-state index is 12.7. The van der Waals surface area contributed by atoms with Crippen molar-refractivity contribution in [3.05, 3.63) is 65.2 Å². The topological polar surface area (TPSA) is 52.7 Å². The molecule has 1 aliphatic heterocycles. The molecule has 0 atom stereocenters. The van der Waals surface area contributed by atoms with Crippen molar-refractivity contribution in [3.63, 3.8) is 0 Å². The number of amides is 2. The van der Waals surface area contributed by atoms with Crippen molar-refractivity contribution >= 4 is 17.5 Å². The second-order valence-electron chi connectivity index (χ2n) is 8.48. The van der Waals surface area contributed by atoms with Crippen LogP contribution >= 0.6 is 0 Å². The number of anilines is 1. The predicted octanol–water partition coefficient (Wildman–Crippen LogP) is 3.66. The zero-order valence-electron chi connectivity index (χ0n) is 18.4. The molecule has 0 unspecified atom stereocenters. The lowest BCUT2D eigenvalue weighted by Crippen LogP contribution is -2.44. The summed E-state index contributed by atoms with van der Waals surface area (Å²) in [4.78, 5) is 28.8. The lowest BCUT2D eigenvalue weighted by Gasteiger charge is -2.33. The van der Waals surface area contributed by atoms with Gasteiger partial charge in [0.15, 0.2) is 0 Å². The van der Waals surface area contributed by atoms with E-state index in [1.54, 1.807) is 4.90 Å². The molecule has 1 saturated heterocycles. The van der Waals surface area contributed by atoms with Crippen molar-refractivity contribution < 1.29 is 9.59 Å². The van der Waals surface area contributed by atoms with Crippen LogP contribution in [0.2, 0.25) is 0 Å². The molecular weight excluding hydrogens is 374 g/mol. The summed E-state index contributed by atoms with van der Waals surface area (Å²) in [5.74, 6) is 0.647. The predicted molar refractivity (Wildman–Crippen MR) is 121 cm³/mol. The Kier molecular flexibility index (Phi) is 7.63. The normalized spacial score (nSPS) is 14.7. The molecule has 0 aliphatic carbocycles. The van der Waals surface area contributed by atoms with E-state index in [0.717, 1.165) is 49.2 Å². The number of hydrogen-bond acceptors (Lipinski definition) is 3. The molecule has 2 aromatic carbocycles. The second kappa shape index (κ2) is 10.4. The molecule has 0 bridgehead atoms. The largest absolute Gasteiger partial charge is 0.342 e. The van der Waals surface area contributed by atoms with Gasteiger partial charge in [0, 0.05) is 18.8 Å². The molecule has 3 rings (SSSR count). The highest BCUT2D eigenvalue weighted by atomic mass is 16.2.